The number of ether oxygens (including phenoxy) is 3. The van der Waals surface area contributed by atoms with Crippen molar-refractivity contribution in [1.82, 2.24) is 4.98 Å². The summed E-state index contributed by atoms with van der Waals surface area (Å²) in [5, 5.41) is 8.61. The van der Waals surface area contributed by atoms with Crippen molar-refractivity contribution in [3.63, 3.8) is 0 Å². The molecule has 1 heterocycles. The number of aryl methyl sites for hydroxylation is 3. The second-order valence-corrected chi connectivity index (χ2v) is 7.14. The monoisotopic (exact) mass is 469 g/mol. The highest BCUT2D eigenvalue weighted by Crippen LogP contribution is 2.23. The van der Waals surface area contributed by atoms with Crippen molar-refractivity contribution in [2.24, 2.45) is 0 Å². The molecule has 34 heavy (non-hydrogen) atoms. The van der Waals surface area contributed by atoms with Crippen LogP contribution in [0.3, 0.4) is 0 Å². The Hall–Kier alpha value is -3.54. The molecule has 1 aromatic heterocycles. The molecule has 0 aliphatic heterocycles. The van der Waals surface area contributed by atoms with Gasteiger partial charge in [0.05, 0.1) is 20.8 Å². The van der Waals surface area contributed by atoms with Crippen LogP contribution >= 0.6 is 0 Å². The number of rotatable bonds is 10. The maximum atomic E-state index is 10.5. The summed E-state index contributed by atoms with van der Waals surface area (Å²) in [6.45, 7) is 12.2. The van der Waals surface area contributed by atoms with Gasteiger partial charge in [0.25, 0.3) is 5.88 Å². The largest absolute Gasteiger partial charge is 0.494 e. The van der Waals surface area contributed by atoms with E-state index in [0.717, 1.165) is 29.0 Å². The third-order valence-corrected chi connectivity index (χ3v) is 4.32. The number of carboxylic acids is 1. The van der Waals surface area contributed by atoms with Crippen molar-refractivity contribution in [1.29, 1.82) is 0 Å². The molecule has 0 spiro atoms. The van der Waals surface area contributed by atoms with Gasteiger partial charge >= 0.3 is 5.97 Å². The lowest BCUT2D eigenvalue weighted by molar-refractivity contribution is -0.136. The lowest BCUT2D eigenvalue weighted by atomic mass is 10.0. The summed E-state index contributed by atoms with van der Waals surface area (Å²) in [5.41, 5.74) is 3.09. The van der Waals surface area contributed by atoms with Crippen LogP contribution in [-0.4, -0.2) is 36.9 Å². The minimum absolute atomic E-state index is 0.177. The number of carbonyl (C=O) groups is 1. The van der Waals surface area contributed by atoms with Gasteiger partial charge < -0.3 is 19.3 Å². The highest BCUT2D eigenvalue weighted by atomic mass is 16.5. The predicted octanol–water partition coefficient (Wildman–Crippen LogP) is 6.51. The molecule has 0 atom stereocenters. The number of aromatic nitrogens is 1. The topological polar surface area (TPSA) is 77.9 Å². The lowest BCUT2D eigenvalue weighted by Crippen LogP contribution is -2.00. The second kappa shape index (κ2) is 19.0. The Balaban J connectivity index is 0.000000524. The molecular formula is C28H39NO5. The van der Waals surface area contributed by atoms with E-state index in [0.29, 0.717) is 24.7 Å². The number of benzene rings is 1. The number of carboxylic acid groups (broad SMARTS) is 1. The van der Waals surface area contributed by atoms with E-state index >= 15 is 0 Å². The first-order valence-electron chi connectivity index (χ1n) is 11.2. The van der Waals surface area contributed by atoms with E-state index in [1.807, 2.05) is 75.4 Å². The minimum Gasteiger partial charge on any atom is -0.494 e. The highest BCUT2D eigenvalue weighted by Gasteiger charge is 2.04. The average molecular weight is 470 g/mol. The first-order chi connectivity index (χ1) is 16.3. The van der Waals surface area contributed by atoms with Crippen LogP contribution in [0.5, 0.6) is 17.4 Å². The average Bonchev–Trinajstić information content (AvgIpc) is 2.83. The summed E-state index contributed by atoms with van der Waals surface area (Å²) < 4.78 is 15.5. The summed E-state index contributed by atoms with van der Waals surface area (Å²) in [6, 6.07) is 9.53. The summed E-state index contributed by atoms with van der Waals surface area (Å²) in [6.07, 6.45) is 11.2. The molecule has 6 heteroatoms. The third-order valence-electron chi connectivity index (χ3n) is 4.32. The van der Waals surface area contributed by atoms with Crippen LogP contribution in [0, 0.1) is 13.8 Å². The van der Waals surface area contributed by atoms with Gasteiger partial charge in [0, 0.05) is 12.1 Å². The fraction of sp³-hybridized carbons (Fsp3) is 0.357. The molecule has 0 saturated heterocycles. The van der Waals surface area contributed by atoms with Crippen molar-refractivity contribution in [2.45, 2.75) is 47.0 Å². The molecule has 186 valence electrons. The summed E-state index contributed by atoms with van der Waals surface area (Å²) in [7, 11) is 3.17. The van der Waals surface area contributed by atoms with Crippen LogP contribution in [0.15, 0.2) is 67.3 Å². The third kappa shape index (κ3) is 13.8. The zero-order valence-electron chi connectivity index (χ0n) is 21.3. The van der Waals surface area contributed by atoms with Crippen LogP contribution < -0.4 is 14.2 Å². The first kappa shape index (κ1) is 30.5. The Bertz CT molecular complexity index is 919. The van der Waals surface area contributed by atoms with E-state index in [9.17, 15) is 4.79 Å². The Morgan fingerprint density at radius 3 is 2.35 bits per heavy atom. The molecule has 0 saturated carbocycles. The van der Waals surface area contributed by atoms with Gasteiger partial charge in [-0.1, -0.05) is 49.9 Å². The van der Waals surface area contributed by atoms with Gasteiger partial charge in [0.15, 0.2) is 5.75 Å². The van der Waals surface area contributed by atoms with Crippen molar-refractivity contribution in [3.05, 3.63) is 84.1 Å². The zero-order chi connectivity index (χ0) is 25.8. The van der Waals surface area contributed by atoms with Gasteiger partial charge in [0.1, 0.15) is 5.75 Å². The molecule has 0 bridgehead atoms. The van der Waals surface area contributed by atoms with E-state index < -0.39 is 5.97 Å². The fourth-order valence-corrected chi connectivity index (χ4v) is 2.58. The van der Waals surface area contributed by atoms with Gasteiger partial charge in [-0.05, 0) is 69.0 Å². The molecule has 6 nitrogen and oxygen atoms in total. The highest BCUT2D eigenvalue weighted by molar-refractivity contribution is 5.67. The predicted molar refractivity (Wildman–Crippen MR) is 139 cm³/mol. The van der Waals surface area contributed by atoms with Gasteiger partial charge in [0.2, 0.25) is 0 Å². The minimum atomic E-state index is -0.759. The maximum absolute atomic E-state index is 10.5. The van der Waals surface area contributed by atoms with E-state index in [2.05, 4.69) is 18.5 Å². The van der Waals surface area contributed by atoms with Gasteiger partial charge in [-0.3, -0.25) is 4.79 Å². The van der Waals surface area contributed by atoms with Crippen molar-refractivity contribution < 1.29 is 24.1 Å². The quantitative estimate of drug-likeness (QED) is 0.400. The van der Waals surface area contributed by atoms with E-state index in [-0.39, 0.29) is 6.42 Å². The Kier molecular flexibility index (Phi) is 17.0. The molecule has 0 aliphatic rings. The lowest BCUT2D eigenvalue weighted by Gasteiger charge is -2.08. The molecule has 0 fully saturated rings. The SMILES string of the molecule is C=C/C=C\C=C/C.CCCOc1ccc(CCC(=O)O)c(C)c1.COc1ccc(C)nc1OC. The van der Waals surface area contributed by atoms with E-state index in [1.54, 1.807) is 20.3 Å². The number of pyridine rings is 1. The molecule has 0 aliphatic carbocycles. The molecule has 0 unspecified atom stereocenters. The van der Waals surface area contributed by atoms with E-state index in [1.165, 1.54) is 0 Å². The summed E-state index contributed by atoms with van der Waals surface area (Å²) in [5.74, 6) is 1.30. The number of hydrogen-bond donors (Lipinski definition) is 1. The smallest absolute Gasteiger partial charge is 0.303 e. The normalized spacial score (nSPS) is 10.1. The van der Waals surface area contributed by atoms with Gasteiger partial charge in [-0.15, -0.1) is 0 Å². The van der Waals surface area contributed by atoms with Gasteiger partial charge in [-0.2, -0.15) is 0 Å². The molecule has 2 rings (SSSR count). The number of methoxy groups -OCH3 is 2. The Morgan fingerprint density at radius 2 is 1.82 bits per heavy atom. The van der Waals surface area contributed by atoms with Gasteiger partial charge in [-0.25, -0.2) is 4.98 Å². The van der Waals surface area contributed by atoms with Crippen LogP contribution in [0.2, 0.25) is 0 Å². The first-order valence-corrected chi connectivity index (χ1v) is 11.2. The molecule has 0 radical (unpaired) electrons. The van der Waals surface area contributed by atoms with Crippen LogP contribution in [0.1, 0.15) is 43.5 Å². The number of nitrogens with zero attached hydrogens (tertiary/aromatic N) is 1. The number of allylic oxidation sites excluding steroid dienone is 5. The Morgan fingerprint density at radius 1 is 1.09 bits per heavy atom. The zero-order valence-corrected chi connectivity index (χ0v) is 21.3. The molecule has 2 aromatic rings. The van der Waals surface area contributed by atoms with Crippen molar-refractivity contribution in [2.75, 3.05) is 20.8 Å². The molecule has 0 amide bonds. The van der Waals surface area contributed by atoms with E-state index in [4.69, 9.17) is 19.3 Å². The number of aliphatic carboxylic acids is 1. The number of hydrogen-bond acceptors (Lipinski definition) is 5. The van der Waals surface area contributed by atoms with Crippen LogP contribution in [0.25, 0.3) is 0 Å². The summed E-state index contributed by atoms with van der Waals surface area (Å²) in [4.78, 5) is 14.6. The van der Waals surface area contributed by atoms with Crippen LogP contribution in [0.4, 0.5) is 0 Å². The van der Waals surface area contributed by atoms with Crippen molar-refractivity contribution >= 4 is 5.97 Å². The molecular weight excluding hydrogens is 430 g/mol. The molecule has 1 N–H and O–H groups in total. The fourth-order valence-electron chi connectivity index (χ4n) is 2.58. The standard InChI is InChI=1S/C13H18O3.C8H11NO2.C7H10/c1-3-8-16-12-6-4-11(10(2)9-12)5-7-13(14)15;1-6-4-5-7(10-2)8(9-6)11-3;1-3-5-7-6-4-2/h4,6,9H,3,5,7-8H2,1-2H3,(H,14,15);4-5H,1-3H3;3-7H,1H2,2H3/b;;6-4-,7-5-. The summed E-state index contributed by atoms with van der Waals surface area (Å²) >= 11 is 0. The maximum Gasteiger partial charge on any atom is 0.303 e. The van der Waals surface area contributed by atoms with Crippen LogP contribution in [-0.2, 0) is 11.2 Å². The molecule has 1 aromatic carbocycles. The Labute approximate surface area is 204 Å². The second-order valence-electron chi connectivity index (χ2n) is 7.14. The van der Waals surface area contributed by atoms with Crippen molar-refractivity contribution in [3.8, 4) is 17.4 Å².